The summed E-state index contributed by atoms with van der Waals surface area (Å²) in [6.07, 6.45) is -0.0173. The standard InChI is InChI=1S/C33H30N2O5/c1-2-22-16-17-30(28(18-22)32(38)35(20-31(36)37)19-23-10-4-3-5-11-23)34-33(39)40-21-29-26-14-8-6-12-24(26)25-13-7-9-15-27(25)29/h3-18,29H,2,19-21H2,1H3,(H,34,39)(H,36,37). The lowest BCUT2D eigenvalue weighted by atomic mass is 9.98. The molecule has 0 saturated carbocycles. The third kappa shape index (κ3) is 5.73. The third-order valence-corrected chi connectivity index (χ3v) is 7.13. The van der Waals surface area contributed by atoms with Gasteiger partial charge in [-0.15, -0.1) is 0 Å². The van der Waals surface area contributed by atoms with Gasteiger partial charge in [-0.1, -0.05) is 91.9 Å². The zero-order chi connectivity index (χ0) is 28.1. The smallest absolute Gasteiger partial charge is 0.411 e. The summed E-state index contributed by atoms with van der Waals surface area (Å²) in [5, 5.41) is 12.2. The van der Waals surface area contributed by atoms with Crippen LogP contribution in [-0.4, -0.2) is 41.1 Å². The zero-order valence-corrected chi connectivity index (χ0v) is 22.2. The van der Waals surface area contributed by atoms with Gasteiger partial charge in [0.15, 0.2) is 0 Å². The second kappa shape index (κ2) is 11.9. The second-order valence-electron chi connectivity index (χ2n) is 9.72. The molecule has 202 valence electrons. The van der Waals surface area contributed by atoms with Gasteiger partial charge in [0.05, 0.1) is 11.3 Å². The molecule has 7 nitrogen and oxygen atoms in total. The minimum Gasteiger partial charge on any atom is -0.480 e. The fraction of sp³-hybridized carbons (Fsp3) is 0.182. The number of ether oxygens (including phenoxy) is 1. The average Bonchev–Trinajstić information content (AvgIpc) is 3.29. The Morgan fingerprint density at radius 2 is 1.45 bits per heavy atom. The largest absolute Gasteiger partial charge is 0.480 e. The molecular weight excluding hydrogens is 504 g/mol. The molecule has 1 aliphatic carbocycles. The summed E-state index contributed by atoms with van der Waals surface area (Å²) in [5.41, 5.74) is 6.63. The molecule has 1 aliphatic rings. The van der Waals surface area contributed by atoms with Crippen LogP contribution in [0.5, 0.6) is 0 Å². The Morgan fingerprint density at radius 1 is 0.825 bits per heavy atom. The lowest BCUT2D eigenvalue weighted by Gasteiger charge is -2.23. The van der Waals surface area contributed by atoms with Crippen LogP contribution in [0.1, 0.15) is 45.5 Å². The maximum atomic E-state index is 13.7. The molecule has 0 saturated heterocycles. The number of carboxylic acid groups (broad SMARTS) is 1. The zero-order valence-electron chi connectivity index (χ0n) is 22.2. The lowest BCUT2D eigenvalue weighted by Crippen LogP contribution is -2.36. The normalized spacial score (nSPS) is 11.8. The van der Waals surface area contributed by atoms with Crippen LogP contribution in [0.25, 0.3) is 11.1 Å². The number of hydrogen-bond acceptors (Lipinski definition) is 4. The van der Waals surface area contributed by atoms with E-state index in [-0.39, 0.29) is 30.3 Å². The molecular formula is C33H30N2O5. The molecule has 0 radical (unpaired) electrons. The van der Waals surface area contributed by atoms with Gasteiger partial charge in [-0.05, 0) is 51.9 Å². The summed E-state index contributed by atoms with van der Waals surface area (Å²) in [6.45, 7) is 1.73. The number of carbonyl (C=O) groups excluding carboxylic acids is 2. The minimum absolute atomic E-state index is 0.0985. The number of hydrogen-bond donors (Lipinski definition) is 2. The van der Waals surface area contributed by atoms with Crippen LogP contribution >= 0.6 is 0 Å². The first-order valence-corrected chi connectivity index (χ1v) is 13.2. The highest BCUT2D eigenvalue weighted by atomic mass is 16.5. The van der Waals surface area contributed by atoms with Crippen molar-refractivity contribution in [1.29, 1.82) is 0 Å². The molecule has 5 rings (SSSR count). The van der Waals surface area contributed by atoms with Crippen LogP contribution in [0.2, 0.25) is 0 Å². The Labute approximate surface area is 233 Å². The highest BCUT2D eigenvalue weighted by molar-refractivity contribution is 6.03. The van der Waals surface area contributed by atoms with Gasteiger partial charge < -0.3 is 14.7 Å². The van der Waals surface area contributed by atoms with Crippen molar-refractivity contribution < 1.29 is 24.2 Å². The number of fused-ring (bicyclic) bond motifs is 3. The summed E-state index contributed by atoms with van der Waals surface area (Å²) in [7, 11) is 0. The number of carboxylic acids is 1. The maximum absolute atomic E-state index is 13.7. The maximum Gasteiger partial charge on any atom is 0.411 e. The molecule has 2 amide bonds. The van der Waals surface area contributed by atoms with Crippen LogP contribution in [0.15, 0.2) is 97.1 Å². The van der Waals surface area contributed by atoms with Crippen LogP contribution in [0.4, 0.5) is 10.5 Å². The molecule has 4 aromatic rings. The third-order valence-electron chi connectivity index (χ3n) is 7.13. The van der Waals surface area contributed by atoms with Gasteiger partial charge in [0.1, 0.15) is 13.2 Å². The number of aliphatic carboxylic acids is 1. The highest BCUT2D eigenvalue weighted by Gasteiger charge is 2.29. The number of anilines is 1. The van der Waals surface area contributed by atoms with E-state index in [1.807, 2.05) is 79.7 Å². The average molecular weight is 535 g/mol. The van der Waals surface area contributed by atoms with E-state index in [4.69, 9.17) is 4.74 Å². The first-order chi connectivity index (χ1) is 19.4. The Kier molecular flexibility index (Phi) is 7.92. The second-order valence-corrected chi connectivity index (χ2v) is 9.72. The molecule has 40 heavy (non-hydrogen) atoms. The molecule has 0 atom stereocenters. The fourth-order valence-corrected chi connectivity index (χ4v) is 5.18. The van der Waals surface area contributed by atoms with Gasteiger partial charge in [-0.25, -0.2) is 4.79 Å². The van der Waals surface area contributed by atoms with E-state index in [2.05, 4.69) is 17.4 Å². The molecule has 0 aliphatic heterocycles. The van der Waals surface area contributed by atoms with Crippen molar-refractivity contribution in [3.63, 3.8) is 0 Å². The fourth-order valence-electron chi connectivity index (χ4n) is 5.18. The van der Waals surface area contributed by atoms with Gasteiger partial charge in [0.2, 0.25) is 0 Å². The van der Waals surface area contributed by atoms with Gasteiger partial charge in [-0.3, -0.25) is 14.9 Å². The summed E-state index contributed by atoms with van der Waals surface area (Å²) < 4.78 is 5.69. The van der Waals surface area contributed by atoms with E-state index in [0.717, 1.165) is 33.4 Å². The van der Waals surface area contributed by atoms with Gasteiger partial charge in [0, 0.05) is 12.5 Å². The predicted molar refractivity (Wildman–Crippen MR) is 153 cm³/mol. The van der Waals surface area contributed by atoms with E-state index < -0.39 is 24.5 Å². The molecule has 4 aromatic carbocycles. The molecule has 7 heteroatoms. The minimum atomic E-state index is -1.12. The predicted octanol–water partition coefficient (Wildman–Crippen LogP) is 6.34. The number of benzene rings is 4. The van der Waals surface area contributed by atoms with Gasteiger partial charge in [0.25, 0.3) is 5.91 Å². The van der Waals surface area contributed by atoms with E-state index >= 15 is 0 Å². The first kappa shape index (κ1) is 26.7. The van der Waals surface area contributed by atoms with Crippen molar-refractivity contribution in [2.24, 2.45) is 0 Å². The van der Waals surface area contributed by atoms with E-state index in [0.29, 0.717) is 6.42 Å². The van der Waals surface area contributed by atoms with Crippen molar-refractivity contribution in [2.75, 3.05) is 18.5 Å². The Balaban J connectivity index is 1.35. The number of amides is 2. The van der Waals surface area contributed by atoms with Crippen LogP contribution in [-0.2, 0) is 22.5 Å². The summed E-state index contributed by atoms with van der Waals surface area (Å²) in [6, 6.07) is 30.6. The summed E-state index contributed by atoms with van der Waals surface area (Å²) >= 11 is 0. The van der Waals surface area contributed by atoms with Gasteiger partial charge >= 0.3 is 12.1 Å². The first-order valence-electron chi connectivity index (χ1n) is 13.2. The van der Waals surface area contributed by atoms with Crippen LogP contribution in [0, 0.1) is 0 Å². The van der Waals surface area contributed by atoms with E-state index in [9.17, 15) is 19.5 Å². The molecule has 0 aromatic heterocycles. The van der Waals surface area contributed by atoms with E-state index in [1.165, 1.54) is 4.90 Å². The van der Waals surface area contributed by atoms with Crippen molar-refractivity contribution in [1.82, 2.24) is 4.90 Å². The quantitative estimate of drug-likeness (QED) is 0.261. The molecule has 0 spiro atoms. The summed E-state index contributed by atoms with van der Waals surface area (Å²) in [5.74, 6) is -1.71. The lowest BCUT2D eigenvalue weighted by molar-refractivity contribution is -0.137. The van der Waals surface area contributed by atoms with Crippen molar-refractivity contribution >= 4 is 23.7 Å². The number of carbonyl (C=O) groups is 3. The Hall–Kier alpha value is -4.91. The number of nitrogens with one attached hydrogen (secondary N) is 1. The van der Waals surface area contributed by atoms with Crippen LogP contribution in [0.3, 0.4) is 0 Å². The Morgan fingerprint density at radius 3 is 2.08 bits per heavy atom. The Bertz CT molecular complexity index is 1500. The summed E-state index contributed by atoms with van der Waals surface area (Å²) in [4.78, 5) is 39.6. The van der Waals surface area contributed by atoms with Crippen LogP contribution < -0.4 is 5.32 Å². The van der Waals surface area contributed by atoms with Crippen molar-refractivity contribution in [3.05, 3.63) is 125 Å². The molecule has 0 fully saturated rings. The topological polar surface area (TPSA) is 95.9 Å². The monoisotopic (exact) mass is 534 g/mol. The number of aryl methyl sites for hydroxylation is 1. The highest BCUT2D eigenvalue weighted by Crippen LogP contribution is 2.44. The number of nitrogens with zero attached hydrogens (tertiary/aromatic N) is 1. The van der Waals surface area contributed by atoms with Crippen molar-refractivity contribution in [3.8, 4) is 11.1 Å². The van der Waals surface area contributed by atoms with E-state index in [1.54, 1.807) is 12.1 Å². The number of rotatable bonds is 9. The van der Waals surface area contributed by atoms with Crippen molar-refractivity contribution in [2.45, 2.75) is 25.8 Å². The molecule has 0 unspecified atom stereocenters. The SMILES string of the molecule is CCc1ccc(NC(=O)OCC2c3ccccc3-c3ccccc32)c(C(=O)N(CC(=O)O)Cc2ccccc2)c1. The molecule has 2 N–H and O–H groups in total. The molecule has 0 heterocycles. The van der Waals surface area contributed by atoms with Gasteiger partial charge in [-0.2, -0.15) is 0 Å². The molecule has 0 bridgehead atoms.